The molecule has 0 fully saturated rings. The maximum absolute atomic E-state index is 14.2. The first-order valence-electron chi connectivity index (χ1n) is 10.2. The maximum atomic E-state index is 14.2. The van der Waals surface area contributed by atoms with Crippen LogP contribution >= 0.6 is 0 Å². The van der Waals surface area contributed by atoms with E-state index in [9.17, 15) is 4.39 Å². The lowest BCUT2D eigenvalue weighted by Gasteiger charge is -2.15. The van der Waals surface area contributed by atoms with E-state index in [0.717, 1.165) is 48.4 Å². The highest BCUT2D eigenvalue weighted by Crippen LogP contribution is 2.34. The Labute approximate surface area is 175 Å². The van der Waals surface area contributed by atoms with Crippen LogP contribution < -0.4 is 4.74 Å². The van der Waals surface area contributed by atoms with Crippen molar-refractivity contribution >= 4 is 10.9 Å². The number of fused-ring (bicyclic) bond motifs is 2. The highest BCUT2D eigenvalue weighted by atomic mass is 19.1. The van der Waals surface area contributed by atoms with Crippen LogP contribution in [0.25, 0.3) is 22.0 Å². The van der Waals surface area contributed by atoms with E-state index < -0.39 is 0 Å². The monoisotopic (exact) mass is 398 g/mol. The van der Waals surface area contributed by atoms with Gasteiger partial charge in [0, 0.05) is 37.1 Å². The normalized spacial score (nSPS) is 13.5. The molecule has 2 heterocycles. The number of benzene rings is 3. The van der Waals surface area contributed by atoms with Crippen molar-refractivity contribution in [3.05, 3.63) is 95.4 Å². The molecule has 150 valence electrons. The Kier molecular flexibility index (Phi) is 4.93. The van der Waals surface area contributed by atoms with E-state index in [2.05, 4.69) is 47.4 Å². The molecule has 4 aromatic rings. The van der Waals surface area contributed by atoms with E-state index in [4.69, 9.17) is 9.72 Å². The summed E-state index contributed by atoms with van der Waals surface area (Å²) in [5, 5.41) is 1.17. The lowest BCUT2D eigenvalue weighted by molar-refractivity contribution is 0.287. The third kappa shape index (κ3) is 3.55. The molecule has 0 saturated heterocycles. The average molecular weight is 398 g/mol. The molecule has 1 aliphatic heterocycles. The van der Waals surface area contributed by atoms with Gasteiger partial charge in [-0.2, -0.15) is 0 Å². The van der Waals surface area contributed by atoms with E-state index in [-0.39, 0.29) is 11.6 Å². The van der Waals surface area contributed by atoms with Crippen molar-refractivity contribution in [2.24, 2.45) is 0 Å². The van der Waals surface area contributed by atoms with Crippen LogP contribution in [0.5, 0.6) is 5.75 Å². The standard InChI is InChI=1S/C26H23FN2O/c1-30-26-12-10-19(15-24(26)27)22-7-4-6-20-16-29(17-23(20)22)14-13-21-11-9-18-5-2-3-8-25(18)28-21/h2-12,15H,13-14,16-17H2,1H3. The molecule has 5 rings (SSSR count). The van der Waals surface area contributed by atoms with Gasteiger partial charge in [0.1, 0.15) is 0 Å². The number of ether oxygens (including phenoxy) is 1. The first-order valence-corrected chi connectivity index (χ1v) is 10.2. The Morgan fingerprint density at radius 2 is 1.87 bits per heavy atom. The highest BCUT2D eigenvalue weighted by molar-refractivity contribution is 5.78. The predicted molar refractivity (Wildman–Crippen MR) is 118 cm³/mol. The van der Waals surface area contributed by atoms with E-state index in [0.29, 0.717) is 0 Å². The molecule has 0 saturated carbocycles. The zero-order chi connectivity index (χ0) is 20.5. The fourth-order valence-corrected chi connectivity index (χ4v) is 4.27. The largest absolute Gasteiger partial charge is 0.494 e. The number of rotatable bonds is 5. The van der Waals surface area contributed by atoms with E-state index in [1.54, 1.807) is 12.1 Å². The van der Waals surface area contributed by atoms with Crippen LogP contribution in [0.4, 0.5) is 4.39 Å². The molecule has 3 nitrogen and oxygen atoms in total. The van der Waals surface area contributed by atoms with Gasteiger partial charge in [0.15, 0.2) is 11.6 Å². The molecule has 30 heavy (non-hydrogen) atoms. The lowest BCUT2D eigenvalue weighted by atomic mass is 9.97. The molecule has 0 aliphatic carbocycles. The van der Waals surface area contributed by atoms with Gasteiger partial charge in [-0.25, -0.2) is 4.39 Å². The lowest BCUT2D eigenvalue weighted by Crippen LogP contribution is -2.19. The zero-order valence-electron chi connectivity index (χ0n) is 16.9. The number of methoxy groups -OCH3 is 1. The van der Waals surface area contributed by atoms with Gasteiger partial charge in [-0.1, -0.05) is 48.5 Å². The number of para-hydroxylation sites is 1. The number of halogens is 1. The van der Waals surface area contributed by atoms with Gasteiger partial charge in [-0.05, 0) is 46.5 Å². The second-order valence-corrected chi connectivity index (χ2v) is 7.75. The summed E-state index contributed by atoms with van der Waals surface area (Å²) in [5.41, 5.74) is 6.75. The zero-order valence-corrected chi connectivity index (χ0v) is 16.9. The molecule has 1 aliphatic rings. The molecular weight excluding hydrogens is 375 g/mol. The summed E-state index contributed by atoms with van der Waals surface area (Å²) in [5.74, 6) is -0.0549. The molecule has 0 radical (unpaired) electrons. The molecule has 0 N–H and O–H groups in total. The fraction of sp³-hybridized carbons (Fsp3) is 0.192. The second kappa shape index (κ2) is 7.88. The van der Waals surface area contributed by atoms with Crippen molar-refractivity contribution < 1.29 is 9.13 Å². The van der Waals surface area contributed by atoms with Crippen molar-refractivity contribution in [1.29, 1.82) is 0 Å². The van der Waals surface area contributed by atoms with Crippen molar-refractivity contribution in [3.63, 3.8) is 0 Å². The smallest absolute Gasteiger partial charge is 0.165 e. The van der Waals surface area contributed by atoms with Crippen LogP contribution in [0.15, 0.2) is 72.8 Å². The molecule has 0 bridgehead atoms. The van der Waals surface area contributed by atoms with Crippen LogP contribution in [-0.4, -0.2) is 23.5 Å². The summed E-state index contributed by atoms with van der Waals surface area (Å²) in [6.07, 6.45) is 0.908. The van der Waals surface area contributed by atoms with Crippen molar-refractivity contribution in [3.8, 4) is 16.9 Å². The van der Waals surface area contributed by atoms with Gasteiger partial charge in [-0.15, -0.1) is 0 Å². The summed E-state index contributed by atoms with van der Waals surface area (Å²) in [6, 6.07) is 24.0. The molecule has 0 amide bonds. The van der Waals surface area contributed by atoms with Gasteiger partial charge < -0.3 is 4.74 Å². The van der Waals surface area contributed by atoms with Gasteiger partial charge in [0.25, 0.3) is 0 Å². The molecule has 3 aromatic carbocycles. The van der Waals surface area contributed by atoms with Gasteiger partial charge in [-0.3, -0.25) is 9.88 Å². The minimum atomic E-state index is -0.329. The fourth-order valence-electron chi connectivity index (χ4n) is 4.27. The predicted octanol–water partition coefficient (Wildman–Crippen LogP) is 5.61. The number of nitrogens with zero attached hydrogens (tertiary/aromatic N) is 2. The third-order valence-electron chi connectivity index (χ3n) is 5.85. The molecule has 0 atom stereocenters. The summed E-state index contributed by atoms with van der Waals surface area (Å²) >= 11 is 0. The highest BCUT2D eigenvalue weighted by Gasteiger charge is 2.22. The van der Waals surface area contributed by atoms with Crippen LogP contribution in [0.3, 0.4) is 0 Å². The summed E-state index contributed by atoms with van der Waals surface area (Å²) in [7, 11) is 1.49. The second-order valence-electron chi connectivity index (χ2n) is 7.75. The molecule has 1 aromatic heterocycles. The summed E-state index contributed by atoms with van der Waals surface area (Å²) in [6.45, 7) is 2.72. The van der Waals surface area contributed by atoms with Gasteiger partial charge in [0.2, 0.25) is 0 Å². The van der Waals surface area contributed by atoms with Crippen LogP contribution in [0, 0.1) is 5.82 Å². The minimum absolute atomic E-state index is 0.274. The Morgan fingerprint density at radius 1 is 0.967 bits per heavy atom. The summed E-state index contributed by atoms with van der Waals surface area (Å²) < 4.78 is 19.3. The maximum Gasteiger partial charge on any atom is 0.165 e. The summed E-state index contributed by atoms with van der Waals surface area (Å²) in [4.78, 5) is 7.23. The van der Waals surface area contributed by atoms with Crippen LogP contribution in [0.1, 0.15) is 16.8 Å². The van der Waals surface area contributed by atoms with Crippen LogP contribution in [0.2, 0.25) is 0 Å². The Bertz CT molecular complexity index is 1220. The van der Waals surface area contributed by atoms with Gasteiger partial charge >= 0.3 is 0 Å². The Hall–Kier alpha value is -3.24. The number of aromatic nitrogens is 1. The number of hydrogen-bond donors (Lipinski definition) is 0. The number of pyridine rings is 1. The van der Waals surface area contributed by atoms with Crippen molar-refractivity contribution in [1.82, 2.24) is 9.88 Å². The topological polar surface area (TPSA) is 25.4 Å². The average Bonchev–Trinajstić information content (AvgIpc) is 3.20. The SMILES string of the molecule is COc1ccc(-c2cccc3c2CN(CCc2ccc4ccccc4n2)C3)cc1F. The van der Waals surface area contributed by atoms with Crippen molar-refractivity contribution in [2.45, 2.75) is 19.5 Å². The first-order chi connectivity index (χ1) is 14.7. The molecule has 0 unspecified atom stereocenters. The number of hydrogen-bond acceptors (Lipinski definition) is 3. The van der Waals surface area contributed by atoms with Crippen molar-refractivity contribution in [2.75, 3.05) is 13.7 Å². The molecule has 0 spiro atoms. The van der Waals surface area contributed by atoms with E-state index in [1.807, 2.05) is 18.2 Å². The van der Waals surface area contributed by atoms with E-state index in [1.165, 1.54) is 23.6 Å². The Morgan fingerprint density at radius 3 is 2.73 bits per heavy atom. The Balaban J connectivity index is 1.33. The quantitative estimate of drug-likeness (QED) is 0.437. The van der Waals surface area contributed by atoms with E-state index >= 15 is 0 Å². The third-order valence-corrected chi connectivity index (χ3v) is 5.85. The van der Waals surface area contributed by atoms with Gasteiger partial charge in [0.05, 0.1) is 12.6 Å². The minimum Gasteiger partial charge on any atom is -0.494 e. The van der Waals surface area contributed by atoms with Crippen LogP contribution in [-0.2, 0) is 19.5 Å². The first kappa shape index (κ1) is 18.8. The molecular formula is C26H23FN2O. The molecule has 4 heteroatoms.